The molecule has 4 nitrogen and oxygen atoms in total. The number of aromatic nitrogens is 2. The highest BCUT2D eigenvalue weighted by Crippen LogP contribution is 2.22. The maximum atomic E-state index is 11.7. The van der Waals surface area contributed by atoms with E-state index in [0.717, 1.165) is 0 Å². The highest BCUT2D eigenvalue weighted by Gasteiger charge is 2.11. The van der Waals surface area contributed by atoms with Crippen LogP contribution < -0.4 is 5.56 Å². The molecule has 2 aromatic heterocycles. The van der Waals surface area contributed by atoms with Gasteiger partial charge in [0.25, 0.3) is 5.56 Å². The van der Waals surface area contributed by atoms with Gasteiger partial charge in [-0.15, -0.1) is 0 Å². The van der Waals surface area contributed by atoms with Crippen LogP contribution in [-0.2, 0) is 0 Å². The second kappa shape index (κ2) is 7.16. The first-order chi connectivity index (χ1) is 9.24. The Morgan fingerprint density at radius 1 is 1.42 bits per heavy atom. The number of H-pyrrole nitrogens is 1. The maximum Gasteiger partial charge on any atom is 0.262 e. The van der Waals surface area contributed by atoms with Gasteiger partial charge in [-0.1, -0.05) is 44.7 Å². The molecule has 19 heavy (non-hydrogen) atoms. The van der Waals surface area contributed by atoms with Gasteiger partial charge in [0.05, 0.1) is 6.33 Å². The van der Waals surface area contributed by atoms with Crippen LogP contribution in [0.4, 0.5) is 0 Å². The number of furan rings is 1. The van der Waals surface area contributed by atoms with Crippen molar-refractivity contribution < 1.29 is 4.42 Å². The van der Waals surface area contributed by atoms with Crippen molar-refractivity contribution in [2.45, 2.75) is 20.8 Å². The summed E-state index contributed by atoms with van der Waals surface area (Å²) < 4.78 is 5.21. The molecule has 0 aliphatic carbocycles. The van der Waals surface area contributed by atoms with Crippen molar-refractivity contribution in [3.8, 4) is 0 Å². The first kappa shape index (κ1) is 14.7. The maximum absolute atomic E-state index is 11.7. The Balaban J connectivity index is 0.000000861. The largest absolute Gasteiger partial charge is 0.445 e. The van der Waals surface area contributed by atoms with Gasteiger partial charge >= 0.3 is 0 Å². The fourth-order valence-electron chi connectivity index (χ4n) is 1.49. The second-order valence-electron chi connectivity index (χ2n) is 3.47. The first-order valence-corrected chi connectivity index (χ1v) is 6.17. The molecule has 1 N–H and O–H groups in total. The number of allylic oxidation sites excluding steroid dienone is 5. The van der Waals surface area contributed by atoms with E-state index in [2.05, 4.69) is 16.5 Å². The smallest absolute Gasteiger partial charge is 0.262 e. The van der Waals surface area contributed by atoms with Crippen molar-refractivity contribution in [2.24, 2.45) is 0 Å². The Labute approximate surface area is 112 Å². The van der Waals surface area contributed by atoms with Crippen LogP contribution in [0.3, 0.4) is 0 Å². The molecule has 0 fully saturated rings. The average Bonchev–Trinajstić information content (AvgIpc) is 2.87. The lowest BCUT2D eigenvalue weighted by Gasteiger charge is -1.94. The fourth-order valence-corrected chi connectivity index (χ4v) is 1.49. The number of hydrogen-bond donors (Lipinski definition) is 1. The Bertz CT molecular complexity index is 660. The van der Waals surface area contributed by atoms with Crippen molar-refractivity contribution in [3.63, 3.8) is 0 Å². The van der Waals surface area contributed by atoms with Gasteiger partial charge in [0.1, 0.15) is 11.6 Å². The van der Waals surface area contributed by atoms with Crippen LogP contribution in [0.5, 0.6) is 0 Å². The number of nitrogens with zero attached hydrogens (tertiary/aromatic N) is 1. The average molecular weight is 258 g/mol. The molecule has 0 aliphatic rings. The van der Waals surface area contributed by atoms with Gasteiger partial charge < -0.3 is 9.40 Å². The van der Waals surface area contributed by atoms with Gasteiger partial charge in [-0.3, -0.25) is 4.79 Å². The highest BCUT2D eigenvalue weighted by atomic mass is 16.3. The minimum Gasteiger partial charge on any atom is -0.445 e. The standard InChI is InChI=1S/C13H12N2O2.C2H6/c1-3-4-5-6-9(2)10-7-17-13-11(10)12(16)14-8-15-13;1-2/h3-8H,2H2,1H3,(H,14,15,16);1-2H3/b4-3-,6-5-;. The van der Waals surface area contributed by atoms with Gasteiger partial charge in [-0.25, -0.2) is 4.98 Å². The van der Waals surface area contributed by atoms with Gasteiger partial charge in [-0.05, 0) is 12.5 Å². The molecule has 2 aromatic rings. The monoisotopic (exact) mass is 258 g/mol. The van der Waals surface area contributed by atoms with Crippen LogP contribution in [0.2, 0.25) is 0 Å². The molecule has 0 atom stereocenters. The minimum absolute atomic E-state index is 0.223. The summed E-state index contributed by atoms with van der Waals surface area (Å²) >= 11 is 0. The molecular formula is C15H18N2O2. The van der Waals surface area contributed by atoms with E-state index < -0.39 is 0 Å². The van der Waals surface area contributed by atoms with Crippen molar-refractivity contribution in [1.29, 1.82) is 0 Å². The summed E-state index contributed by atoms with van der Waals surface area (Å²) in [4.78, 5) is 18.1. The summed E-state index contributed by atoms with van der Waals surface area (Å²) in [5.74, 6) is 0. The van der Waals surface area contributed by atoms with E-state index in [-0.39, 0.29) is 5.56 Å². The van der Waals surface area contributed by atoms with Crippen LogP contribution in [0.15, 0.2) is 52.7 Å². The summed E-state index contributed by atoms with van der Waals surface area (Å²) in [5, 5.41) is 0.433. The van der Waals surface area contributed by atoms with Crippen molar-refractivity contribution in [3.05, 3.63) is 59.4 Å². The zero-order chi connectivity index (χ0) is 14.3. The number of nitrogens with one attached hydrogen (secondary N) is 1. The summed E-state index contributed by atoms with van der Waals surface area (Å²) in [7, 11) is 0. The summed E-state index contributed by atoms with van der Waals surface area (Å²) in [6, 6.07) is 0. The molecule has 0 aromatic carbocycles. The summed E-state index contributed by atoms with van der Waals surface area (Å²) in [5.41, 5.74) is 1.47. The quantitative estimate of drug-likeness (QED) is 0.854. The van der Waals surface area contributed by atoms with Gasteiger partial charge in [0.2, 0.25) is 5.71 Å². The third-order valence-corrected chi connectivity index (χ3v) is 2.32. The normalized spacial score (nSPS) is 10.9. The predicted octanol–water partition coefficient (Wildman–Crippen LogP) is 3.69. The molecule has 0 saturated carbocycles. The molecule has 100 valence electrons. The lowest BCUT2D eigenvalue weighted by Crippen LogP contribution is -2.05. The van der Waals surface area contributed by atoms with Crippen LogP contribution in [0.1, 0.15) is 26.3 Å². The van der Waals surface area contributed by atoms with Crippen LogP contribution in [-0.4, -0.2) is 9.97 Å². The van der Waals surface area contributed by atoms with Gasteiger partial charge in [0, 0.05) is 5.56 Å². The summed E-state index contributed by atoms with van der Waals surface area (Å²) in [6.45, 7) is 9.82. The predicted molar refractivity (Wildman–Crippen MR) is 79.0 cm³/mol. The van der Waals surface area contributed by atoms with E-state index in [1.165, 1.54) is 12.6 Å². The minimum atomic E-state index is -0.223. The van der Waals surface area contributed by atoms with Crippen molar-refractivity contribution in [2.75, 3.05) is 0 Å². The number of hydrogen-bond acceptors (Lipinski definition) is 3. The molecule has 0 bridgehead atoms. The highest BCUT2D eigenvalue weighted by molar-refractivity contribution is 5.90. The second-order valence-corrected chi connectivity index (χ2v) is 3.47. The van der Waals surface area contributed by atoms with Crippen molar-refractivity contribution >= 4 is 16.7 Å². The van der Waals surface area contributed by atoms with Gasteiger partial charge in [0.15, 0.2) is 0 Å². The molecule has 4 heteroatoms. The van der Waals surface area contributed by atoms with E-state index in [4.69, 9.17) is 4.42 Å². The van der Waals surface area contributed by atoms with E-state index in [1.54, 1.807) is 0 Å². The molecule has 2 heterocycles. The number of fused-ring (bicyclic) bond motifs is 1. The van der Waals surface area contributed by atoms with E-state index in [9.17, 15) is 4.79 Å². The Morgan fingerprint density at radius 3 is 2.84 bits per heavy atom. The van der Waals surface area contributed by atoms with E-state index in [0.29, 0.717) is 22.2 Å². The van der Waals surface area contributed by atoms with Crippen molar-refractivity contribution in [1.82, 2.24) is 9.97 Å². The van der Waals surface area contributed by atoms with E-state index >= 15 is 0 Å². The molecule has 2 rings (SSSR count). The van der Waals surface area contributed by atoms with Crippen LogP contribution in [0.25, 0.3) is 16.7 Å². The SMILES string of the molecule is C=C(/C=C\C=C/C)c1coc2nc[nH]c(=O)c12.CC. The van der Waals surface area contributed by atoms with Gasteiger partial charge in [-0.2, -0.15) is 0 Å². The third-order valence-electron chi connectivity index (χ3n) is 2.32. The number of rotatable bonds is 3. The molecule has 0 amide bonds. The zero-order valence-corrected chi connectivity index (χ0v) is 11.4. The molecule has 0 saturated heterocycles. The molecule has 0 aliphatic heterocycles. The Hall–Kier alpha value is -2.36. The van der Waals surface area contributed by atoms with Crippen LogP contribution >= 0.6 is 0 Å². The Morgan fingerprint density at radius 2 is 2.16 bits per heavy atom. The Kier molecular flexibility index (Phi) is 5.54. The molecule has 0 spiro atoms. The topological polar surface area (TPSA) is 58.9 Å². The number of aromatic amines is 1. The van der Waals surface area contributed by atoms with E-state index in [1.807, 2.05) is 45.1 Å². The lowest BCUT2D eigenvalue weighted by molar-refractivity contribution is 0.601. The molecule has 0 unspecified atom stereocenters. The zero-order valence-electron chi connectivity index (χ0n) is 11.4. The molecular weight excluding hydrogens is 240 g/mol. The summed E-state index contributed by atoms with van der Waals surface area (Å²) in [6.07, 6.45) is 10.3. The first-order valence-electron chi connectivity index (χ1n) is 6.17. The third kappa shape index (κ3) is 3.31. The fraction of sp³-hybridized carbons (Fsp3) is 0.200. The van der Waals surface area contributed by atoms with Crippen LogP contribution in [0, 0.1) is 0 Å². The lowest BCUT2D eigenvalue weighted by atomic mass is 10.1. The molecule has 0 radical (unpaired) electrons.